The molecule has 9 nitrogen and oxygen atoms in total. The number of methoxy groups -OCH3 is 2. The second-order valence-corrected chi connectivity index (χ2v) is 7.92. The molecule has 0 spiro atoms. The van der Waals surface area contributed by atoms with Crippen LogP contribution in [0.2, 0.25) is 0 Å². The van der Waals surface area contributed by atoms with Gasteiger partial charge in [0.05, 0.1) is 44.2 Å². The second kappa shape index (κ2) is 8.87. The third-order valence-corrected chi connectivity index (χ3v) is 5.71. The monoisotopic (exact) mass is 445 g/mol. The first-order valence-corrected chi connectivity index (χ1v) is 10.7. The lowest BCUT2D eigenvalue weighted by Gasteiger charge is -2.25. The molecule has 0 saturated heterocycles. The van der Waals surface area contributed by atoms with Crippen molar-refractivity contribution >= 4 is 28.1 Å². The summed E-state index contributed by atoms with van der Waals surface area (Å²) in [7, 11) is 5.29. The number of nitrogens with one attached hydrogen (secondary N) is 3. The Bertz CT molecular complexity index is 1220. The molecular formula is C24H27N7O2. The van der Waals surface area contributed by atoms with Crippen molar-refractivity contribution < 1.29 is 9.47 Å². The Kier molecular flexibility index (Phi) is 5.62. The molecule has 0 unspecified atom stereocenters. The number of benzene rings is 1. The molecule has 33 heavy (non-hydrogen) atoms. The third-order valence-electron chi connectivity index (χ3n) is 5.71. The molecule has 2 aliphatic heterocycles. The maximum Gasteiger partial charge on any atom is 0.134 e. The van der Waals surface area contributed by atoms with Gasteiger partial charge in [-0.15, -0.1) is 0 Å². The van der Waals surface area contributed by atoms with E-state index in [4.69, 9.17) is 14.5 Å². The molecule has 0 atom stereocenters. The van der Waals surface area contributed by atoms with Gasteiger partial charge in [0, 0.05) is 61.6 Å². The van der Waals surface area contributed by atoms with Gasteiger partial charge >= 0.3 is 0 Å². The van der Waals surface area contributed by atoms with Gasteiger partial charge in [0.2, 0.25) is 0 Å². The highest BCUT2D eigenvalue weighted by atomic mass is 16.5. The largest absolute Gasteiger partial charge is 0.497 e. The number of hydrogen-bond donors (Lipinski definition) is 3. The molecule has 0 aliphatic carbocycles. The normalized spacial score (nSPS) is 15.1. The van der Waals surface area contributed by atoms with Crippen molar-refractivity contribution in [3.05, 3.63) is 66.3 Å². The van der Waals surface area contributed by atoms with Gasteiger partial charge < -0.3 is 30.0 Å². The number of aromatic nitrogens is 2. The second-order valence-electron chi connectivity index (χ2n) is 7.92. The van der Waals surface area contributed by atoms with Crippen LogP contribution in [0.15, 0.2) is 60.7 Å². The SMILES string of the molecule is COc1cc(OC)cc(N(CC2=CNCN2)c2ccc3ncc(C4=CN(C)NC4)cc3n2)c1. The Morgan fingerprint density at radius 2 is 1.88 bits per heavy atom. The van der Waals surface area contributed by atoms with E-state index in [9.17, 15) is 0 Å². The zero-order chi connectivity index (χ0) is 22.8. The predicted molar refractivity (Wildman–Crippen MR) is 129 cm³/mol. The maximum atomic E-state index is 5.51. The fraction of sp³-hybridized carbons (Fsp3) is 0.250. The van der Waals surface area contributed by atoms with Crippen LogP contribution in [-0.2, 0) is 0 Å². The molecule has 3 N–H and O–H groups in total. The number of anilines is 2. The molecule has 0 saturated carbocycles. The number of fused-ring (bicyclic) bond motifs is 1. The topological polar surface area (TPSA) is 86.8 Å². The number of rotatable bonds is 7. The molecule has 9 heteroatoms. The molecule has 5 rings (SSSR count). The van der Waals surface area contributed by atoms with E-state index in [0.29, 0.717) is 13.2 Å². The fourth-order valence-electron chi connectivity index (χ4n) is 3.95. The van der Waals surface area contributed by atoms with Crippen LogP contribution in [0.5, 0.6) is 11.5 Å². The average Bonchev–Trinajstić information content (AvgIpc) is 3.53. The zero-order valence-electron chi connectivity index (χ0n) is 18.9. The Hall–Kier alpha value is -3.98. The average molecular weight is 446 g/mol. The minimum Gasteiger partial charge on any atom is -0.497 e. The van der Waals surface area contributed by atoms with E-state index in [0.717, 1.165) is 51.8 Å². The van der Waals surface area contributed by atoms with Gasteiger partial charge in [0.25, 0.3) is 0 Å². The molecule has 3 aromatic rings. The van der Waals surface area contributed by atoms with Gasteiger partial charge in [-0.3, -0.25) is 4.98 Å². The Labute approximate surface area is 192 Å². The summed E-state index contributed by atoms with van der Waals surface area (Å²) in [5.41, 5.74) is 9.18. The van der Waals surface area contributed by atoms with Crippen LogP contribution < -0.4 is 30.4 Å². The van der Waals surface area contributed by atoms with Crippen LogP contribution in [0.3, 0.4) is 0 Å². The number of nitrogens with zero attached hydrogens (tertiary/aromatic N) is 4. The zero-order valence-corrected chi connectivity index (χ0v) is 18.9. The first kappa shape index (κ1) is 20.9. The van der Waals surface area contributed by atoms with Crippen LogP contribution in [0.25, 0.3) is 16.6 Å². The van der Waals surface area contributed by atoms with E-state index in [1.807, 2.05) is 54.8 Å². The summed E-state index contributed by atoms with van der Waals surface area (Å²) >= 11 is 0. The van der Waals surface area contributed by atoms with Crippen molar-refractivity contribution in [2.75, 3.05) is 45.9 Å². The fourth-order valence-corrected chi connectivity index (χ4v) is 3.95. The smallest absolute Gasteiger partial charge is 0.134 e. The van der Waals surface area contributed by atoms with Gasteiger partial charge in [-0.1, -0.05) is 0 Å². The summed E-state index contributed by atoms with van der Waals surface area (Å²) in [6, 6.07) is 11.9. The van der Waals surface area contributed by atoms with Crippen LogP contribution in [0, 0.1) is 0 Å². The number of hydrogen-bond acceptors (Lipinski definition) is 9. The summed E-state index contributed by atoms with van der Waals surface area (Å²) < 4.78 is 11.0. The summed E-state index contributed by atoms with van der Waals surface area (Å²) in [4.78, 5) is 11.8. The van der Waals surface area contributed by atoms with Gasteiger partial charge in [-0.25, -0.2) is 10.4 Å². The van der Waals surface area contributed by atoms with Crippen molar-refractivity contribution in [3.63, 3.8) is 0 Å². The van der Waals surface area contributed by atoms with E-state index in [1.54, 1.807) is 14.2 Å². The standard InChI is InChI=1S/C24H27N7O2/c1-30-13-17(11-28-30)16-6-23-22(26-10-16)4-5-24(29-23)31(14-18-12-25-15-27-18)19-7-20(32-2)9-21(8-19)33-3/h4-10,12-13,25,27-28H,11,14-15H2,1-3H3. The first-order valence-electron chi connectivity index (χ1n) is 10.7. The molecule has 170 valence electrons. The number of hydrazine groups is 1. The molecule has 2 aromatic heterocycles. The van der Waals surface area contributed by atoms with Crippen molar-refractivity contribution in [2.24, 2.45) is 0 Å². The van der Waals surface area contributed by atoms with Crippen LogP contribution in [0.4, 0.5) is 11.5 Å². The van der Waals surface area contributed by atoms with Crippen molar-refractivity contribution in [1.82, 2.24) is 31.0 Å². The van der Waals surface area contributed by atoms with Crippen molar-refractivity contribution in [3.8, 4) is 11.5 Å². The lowest BCUT2D eigenvalue weighted by Crippen LogP contribution is -2.26. The van der Waals surface area contributed by atoms with Crippen molar-refractivity contribution in [2.45, 2.75) is 0 Å². The molecule has 0 radical (unpaired) electrons. The quantitative estimate of drug-likeness (QED) is 0.508. The first-order chi connectivity index (χ1) is 16.1. The third kappa shape index (κ3) is 4.35. The van der Waals surface area contributed by atoms with E-state index < -0.39 is 0 Å². The summed E-state index contributed by atoms with van der Waals surface area (Å²) in [6.07, 6.45) is 5.97. The van der Waals surface area contributed by atoms with Gasteiger partial charge in [0.15, 0.2) is 0 Å². The highest BCUT2D eigenvalue weighted by Crippen LogP contribution is 2.33. The molecular weight excluding hydrogens is 418 g/mol. The Balaban J connectivity index is 1.58. The molecule has 1 aromatic carbocycles. The summed E-state index contributed by atoms with van der Waals surface area (Å²) in [5, 5.41) is 8.52. The lowest BCUT2D eigenvalue weighted by molar-refractivity contribution is 0.374. The molecule has 0 bridgehead atoms. The predicted octanol–water partition coefficient (Wildman–Crippen LogP) is 2.57. The van der Waals surface area contributed by atoms with E-state index in [2.05, 4.69) is 38.2 Å². The maximum absolute atomic E-state index is 5.51. The Morgan fingerprint density at radius 1 is 1.06 bits per heavy atom. The number of ether oxygens (including phenoxy) is 2. The molecule has 2 aliphatic rings. The van der Waals surface area contributed by atoms with Gasteiger partial charge in [0.1, 0.15) is 17.3 Å². The summed E-state index contributed by atoms with van der Waals surface area (Å²) in [5.74, 6) is 2.24. The van der Waals surface area contributed by atoms with E-state index in [1.165, 1.54) is 5.57 Å². The number of pyridine rings is 2. The van der Waals surface area contributed by atoms with E-state index in [-0.39, 0.29) is 0 Å². The van der Waals surface area contributed by atoms with Gasteiger partial charge in [-0.05, 0) is 23.8 Å². The minimum atomic E-state index is 0.606. The molecule has 4 heterocycles. The van der Waals surface area contributed by atoms with Crippen LogP contribution >= 0.6 is 0 Å². The van der Waals surface area contributed by atoms with Crippen molar-refractivity contribution in [1.29, 1.82) is 0 Å². The van der Waals surface area contributed by atoms with Gasteiger partial charge in [-0.2, -0.15) is 0 Å². The highest BCUT2D eigenvalue weighted by molar-refractivity contribution is 5.82. The minimum absolute atomic E-state index is 0.606. The molecule has 0 fully saturated rings. The van der Waals surface area contributed by atoms with E-state index >= 15 is 0 Å². The summed E-state index contributed by atoms with van der Waals surface area (Å²) in [6.45, 7) is 2.08. The lowest BCUT2D eigenvalue weighted by atomic mass is 10.1. The molecule has 0 amide bonds. The Morgan fingerprint density at radius 3 is 2.55 bits per heavy atom. The van der Waals surface area contributed by atoms with Crippen LogP contribution in [0.1, 0.15) is 5.56 Å². The highest BCUT2D eigenvalue weighted by Gasteiger charge is 2.18. The van der Waals surface area contributed by atoms with Crippen LogP contribution in [-0.4, -0.2) is 56.0 Å².